The Morgan fingerprint density at radius 2 is 1.82 bits per heavy atom. The molecule has 0 bridgehead atoms. The summed E-state index contributed by atoms with van der Waals surface area (Å²) in [6.45, 7) is 2.12. The zero-order valence-corrected chi connectivity index (χ0v) is 9.64. The van der Waals surface area contributed by atoms with Gasteiger partial charge in [0, 0.05) is 11.8 Å². The Morgan fingerprint density at radius 3 is 2.00 bits per heavy atom. The molecule has 0 spiro atoms. The van der Waals surface area contributed by atoms with Gasteiger partial charge in [-0.05, 0) is 13.0 Å². The fraction of sp³-hybridized carbons (Fsp3) is 0.500. The fourth-order valence-electron chi connectivity index (χ4n) is 1.16. The van der Waals surface area contributed by atoms with Crippen LogP contribution in [0, 0.1) is 6.92 Å². The Kier molecular flexibility index (Phi) is 3.57. The van der Waals surface area contributed by atoms with Crippen LogP contribution >= 0.6 is 0 Å². The third-order valence-corrected chi connectivity index (χ3v) is 1.60. The lowest BCUT2D eigenvalue weighted by molar-refractivity contribution is -0.00000252. The topological polar surface area (TPSA) is 15.8 Å². The molecule has 2 nitrogen and oxygen atoms in total. The fourth-order valence-corrected chi connectivity index (χ4v) is 1.16. The van der Waals surface area contributed by atoms with Gasteiger partial charge in [-0.15, -0.1) is 0 Å². The van der Waals surface area contributed by atoms with Gasteiger partial charge in [0.15, 0.2) is 0 Å². The molecule has 3 heteroatoms. The maximum Gasteiger partial charge on any atom is 0.207 e. The highest BCUT2D eigenvalue weighted by atomic mass is 127. The number of aromatic nitrogens is 1. The molecule has 0 saturated carbocycles. The van der Waals surface area contributed by atoms with E-state index in [-0.39, 0.29) is 24.0 Å². The van der Waals surface area contributed by atoms with Crippen molar-refractivity contribution in [2.75, 3.05) is 21.1 Å². The molecule has 0 radical (unpaired) electrons. The van der Waals surface area contributed by atoms with E-state index in [9.17, 15) is 0 Å². The summed E-state index contributed by atoms with van der Waals surface area (Å²) in [5.41, 5.74) is 1.33. The molecule has 1 aromatic rings. The molecule has 0 aromatic carbocycles. The summed E-state index contributed by atoms with van der Waals surface area (Å²) in [5, 5.41) is 0. The van der Waals surface area contributed by atoms with Gasteiger partial charge in [-0.1, -0.05) is 0 Å². The van der Waals surface area contributed by atoms with Gasteiger partial charge in [-0.3, -0.25) is 4.48 Å². The number of nitrogens with zero attached hydrogens (tertiary/aromatic N) is 1. The number of halogens is 1. The normalized spacial score (nSPS) is 10.9. The standard InChI is InChI=1S/C8H15N2.HI/c1-7-5-6-9-8(7)10(2,3)4;/h5-6,9H,1-4H3;1H/q+1;/p-1. The van der Waals surface area contributed by atoms with Gasteiger partial charge >= 0.3 is 0 Å². The van der Waals surface area contributed by atoms with E-state index in [1.807, 2.05) is 6.20 Å². The number of nitrogens with one attached hydrogen (secondary N) is 1. The Bertz CT molecular complexity index is 222. The van der Waals surface area contributed by atoms with E-state index in [1.165, 1.54) is 11.4 Å². The number of aryl methyl sites for hydroxylation is 1. The molecule has 0 aliphatic rings. The van der Waals surface area contributed by atoms with Crippen molar-refractivity contribution in [3.8, 4) is 0 Å². The van der Waals surface area contributed by atoms with Gasteiger partial charge in [0.05, 0.1) is 21.1 Å². The predicted octanol–water partition coefficient (Wildman–Crippen LogP) is -1.48. The first-order chi connectivity index (χ1) is 4.52. The maximum absolute atomic E-state index is 3.22. The lowest BCUT2D eigenvalue weighted by Gasteiger charge is -2.22. The highest BCUT2D eigenvalue weighted by Gasteiger charge is 2.15. The van der Waals surface area contributed by atoms with Crippen molar-refractivity contribution in [3.05, 3.63) is 17.8 Å². The van der Waals surface area contributed by atoms with Crippen LogP contribution in [0.1, 0.15) is 5.56 Å². The summed E-state index contributed by atoms with van der Waals surface area (Å²) in [6.07, 6.45) is 1.98. The van der Waals surface area contributed by atoms with Crippen LogP contribution in [-0.4, -0.2) is 26.1 Å². The minimum atomic E-state index is 0. The summed E-state index contributed by atoms with van der Waals surface area (Å²) in [4.78, 5) is 3.22. The van der Waals surface area contributed by atoms with Crippen molar-refractivity contribution in [2.24, 2.45) is 0 Å². The first-order valence-electron chi connectivity index (χ1n) is 3.48. The van der Waals surface area contributed by atoms with E-state index in [0.29, 0.717) is 0 Å². The van der Waals surface area contributed by atoms with Gasteiger partial charge in [0.2, 0.25) is 5.82 Å². The average Bonchev–Trinajstić information content (AvgIpc) is 2.11. The molecule has 11 heavy (non-hydrogen) atoms. The van der Waals surface area contributed by atoms with Crippen LogP contribution in [0.2, 0.25) is 0 Å². The Morgan fingerprint density at radius 1 is 1.27 bits per heavy atom. The van der Waals surface area contributed by atoms with E-state index >= 15 is 0 Å². The molecular weight excluding hydrogens is 251 g/mol. The third-order valence-electron chi connectivity index (χ3n) is 1.60. The second-order valence-corrected chi connectivity index (χ2v) is 3.52. The van der Waals surface area contributed by atoms with Gasteiger partial charge in [0.25, 0.3) is 0 Å². The average molecular weight is 266 g/mol. The van der Waals surface area contributed by atoms with E-state index in [4.69, 9.17) is 0 Å². The molecule has 1 N–H and O–H groups in total. The molecule has 1 aromatic heterocycles. The molecule has 0 aliphatic carbocycles. The highest BCUT2D eigenvalue weighted by molar-refractivity contribution is 5.41. The second-order valence-electron chi connectivity index (χ2n) is 3.52. The second kappa shape index (κ2) is 3.58. The molecular formula is C8H15IN2. The minimum Gasteiger partial charge on any atom is -1.00 e. The zero-order chi connectivity index (χ0) is 7.78. The number of rotatable bonds is 1. The molecule has 1 rings (SSSR count). The van der Waals surface area contributed by atoms with Crippen LogP contribution in [0.15, 0.2) is 12.3 Å². The molecule has 0 unspecified atom stereocenters. The van der Waals surface area contributed by atoms with E-state index in [2.05, 4.69) is 39.1 Å². The first kappa shape index (κ1) is 11.0. The molecule has 1 heterocycles. The number of hydrogen-bond acceptors (Lipinski definition) is 0. The molecule has 64 valence electrons. The zero-order valence-electron chi connectivity index (χ0n) is 7.48. The number of hydrogen-bond donors (Lipinski definition) is 1. The largest absolute Gasteiger partial charge is 1.00 e. The molecule has 0 atom stereocenters. The van der Waals surface area contributed by atoms with E-state index in [0.717, 1.165) is 4.48 Å². The Hall–Kier alpha value is -0.0300. The summed E-state index contributed by atoms with van der Waals surface area (Å²) in [7, 11) is 6.45. The van der Waals surface area contributed by atoms with E-state index in [1.54, 1.807) is 0 Å². The smallest absolute Gasteiger partial charge is 0.207 e. The van der Waals surface area contributed by atoms with Gasteiger partial charge in [0.1, 0.15) is 0 Å². The van der Waals surface area contributed by atoms with Crippen molar-refractivity contribution in [2.45, 2.75) is 6.92 Å². The minimum absolute atomic E-state index is 0. The van der Waals surface area contributed by atoms with Crippen LogP contribution in [0.25, 0.3) is 0 Å². The quantitative estimate of drug-likeness (QED) is 0.471. The molecule has 0 aliphatic heterocycles. The van der Waals surface area contributed by atoms with Crippen molar-refractivity contribution in [3.63, 3.8) is 0 Å². The lowest BCUT2D eigenvalue weighted by Crippen LogP contribution is -3.00. The Balaban J connectivity index is 0.000001000. The SMILES string of the molecule is Cc1cc[nH]c1[N+](C)(C)C.[I-]. The number of H-pyrrole nitrogens is 1. The van der Waals surface area contributed by atoms with Crippen LogP contribution in [0.5, 0.6) is 0 Å². The first-order valence-corrected chi connectivity index (χ1v) is 3.48. The summed E-state index contributed by atoms with van der Waals surface area (Å²) >= 11 is 0. The van der Waals surface area contributed by atoms with Crippen molar-refractivity contribution in [1.82, 2.24) is 9.47 Å². The van der Waals surface area contributed by atoms with Crippen LogP contribution < -0.4 is 28.5 Å². The predicted molar refractivity (Wildman–Crippen MR) is 45.1 cm³/mol. The summed E-state index contributed by atoms with van der Waals surface area (Å²) < 4.78 is 0.860. The number of quaternary nitrogens is 1. The molecule has 0 fully saturated rings. The molecule has 0 amide bonds. The van der Waals surface area contributed by atoms with Crippen LogP contribution in [0.3, 0.4) is 0 Å². The van der Waals surface area contributed by atoms with Gasteiger partial charge < -0.3 is 29.0 Å². The summed E-state index contributed by atoms with van der Waals surface area (Å²) in [5.74, 6) is 1.28. The van der Waals surface area contributed by atoms with Gasteiger partial charge in [-0.25, -0.2) is 0 Å². The van der Waals surface area contributed by atoms with Crippen LogP contribution in [-0.2, 0) is 0 Å². The lowest BCUT2D eigenvalue weighted by atomic mass is 10.3. The summed E-state index contributed by atoms with van der Waals surface area (Å²) in [6, 6.07) is 2.10. The monoisotopic (exact) mass is 266 g/mol. The van der Waals surface area contributed by atoms with Gasteiger partial charge in [-0.2, -0.15) is 0 Å². The van der Waals surface area contributed by atoms with E-state index < -0.39 is 0 Å². The van der Waals surface area contributed by atoms with Crippen molar-refractivity contribution in [1.29, 1.82) is 0 Å². The number of aromatic amines is 1. The van der Waals surface area contributed by atoms with Crippen LogP contribution in [0.4, 0.5) is 5.82 Å². The maximum atomic E-state index is 3.22. The van der Waals surface area contributed by atoms with Crippen molar-refractivity contribution < 1.29 is 24.0 Å². The Labute approximate surface area is 85.2 Å². The van der Waals surface area contributed by atoms with Crippen molar-refractivity contribution >= 4 is 5.82 Å². The third kappa shape index (κ3) is 2.48. The molecule has 0 saturated heterocycles. The highest BCUT2D eigenvalue weighted by Crippen LogP contribution is 2.18.